The van der Waals surface area contributed by atoms with Crippen LogP contribution >= 0.6 is 0 Å². The Balaban J connectivity index is 0.000000257. The minimum Gasteiger partial charge on any atom is -0.478 e. The summed E-state index contributed by atoms with van der Waals surface area (Å²) < 4.78 is 0. The average molecular weight is 343 g/mol. The highest BCUT2D eigenvalue weighted by Crippen LogP contribution is 2.41. The molecule has 25 heavy (non-hydrogen) atoms. The second kappa shape index (κ2) is 9.21. The highest BCUT2D eigenvalue weighted by Gasteiger charge is 2.30. The summed E-state index contributed by atoms with van der Waals surface area (Å²) >= 11 is 0. The number of hydrogen-bond donors (Lipinski definition) is 2. The molecule has 0 aliphatic heterocycles. The predicted octanol–water partition coefficient (Wildman–Crippen LogP) is 4.94. The third kappa shape index (κ3) is 6.22. The molecular weight excluding hydrogens is 314 g/mol. The molecule has 1 aromatic carbocycles. The molecule has 2 N–H and O–H groups in total. The van der Waals surface area contributed by atoms with Gasteiger partial charge in [-0.05, 0) is 50.3 Å². The van der Waals surface area contributed by atoms with Gasteiger partial charge in [0.25, 0.3) is 0 Å². The van der Waals surface area contributed by atoms with Gasteiger partial charge in [-0.2, -0.15) is 0 Å². The number of anilines is 1. The minimum atomic E-state index is -0.907. The first-order valence-corrected chi connectivity index (χ1v) is 8.54. The van der Waals surface area contributed by atoms with E-state index in [1.54, 1.807) is 44.3 Å². The van der Waals surface area contributed by atoms with Gasteiger partial charge >= 0.3 is 5.97 Å². The van der Waals surface area contributed by atoms with Crippen LogP contribution in [0, 0.1) is 11.3 Å². The second-order valence-corrected chi connectivity index (χ2v) is 7.02. The number of hydrogen-bond acceptors (Lipinski definition) is 3. The van der Waals surface area contributed by atoms with Crippen molar-refractivity contribution >= 4 is 17.4 Å². The van der Waals surface area contributed by atoms with Gasteiger partial charge in [0, 0.05) is 18.7 Å². The van der Waals surface area contributed by atoms with Crippen molar-refractivity contribution in [3.8, 4) is 0 Å². The number of rotatable bonds is 4. The standard InChI is InChI=1S/C13H20O.C8H9NO2/c1-10-6-5-9-13(3,4)12(10)8-7-11(2)14;1-9-7-5-3-2-4-6(7)8(10)11/h6-8,12H,5,9H2,1-4H3;2-5,9H,1H3,(H,10,11). The lowest BCUT2D eigenvalue weighted by Gasteiger charge is -2.36. The van der Waals surface area contributed by atoms with E-state index < -0.39 is 5.97 Å². The fraction of sp³-hybridized carbons (Fsp3) is 0.429. The molecule has 0 bridgehead atoms. The topological polar surface area (TPSA) is 66.4 Å². The number of carboxylic acid groups (broad SMARTS) is 1. The maximum atomic E-state index is 10.9. The molecule has 1 aliphatic rings. The van der Waals surface area contributed by atoms with Gasteiger partial charge < -0.3 is 10.4 Å². The zero-order chi connectivity index (χ0) is 19.0. The van der Waals surface area contributed by atoms with E-state index in [1.807, 2.05) is 0 Å². The average Bonchev–Trinajstić information content (AvgIpc) is 2.54. The molecule has 0 fully saturated rings. The molecule has 0 aromatic heterocycles. The normalized spacial score (nSPS) is 18.8. The molecule has 0 heterocycles. The van der Waals surface area contributed by atoms with Crippen molar-refractivity contribution in [1.82, 2.24) is 0 Å². The van der Waals surface area contributed by atoms with Gasteiger partial charge in [-0.25, -0.2) is 4.79 Å². The van der Waals surface area contributed by atoms with E-state index in [0.717, 1.165) is 0 Å². The highest BCUT2D eigenvalue weighted by molar-refractivity contribution is 5.94. The van der Waals surface area contributed by atoms with Crippen molar-refractivity contribution in [1.29, 1.82) is 0 Å². The number of aromatic carboxylic acids is 1. The summed E-state index contributed by atoms with van der Waals surface area (Å²) in [5, 5.41) is 11.5. The van der Waals surface area contributed by atoms with Crippen LogP contribution < -0.4 is 5.32 Å². The quantitative estimate of drug-likeness (QED) is 0.600. The van der Waals surface area contributed by atoms with Crippen LogP contribution in [0.3, 0.4) is 0 Å². The van der Waals surface area contributed by atoms with E-state index in [-0.39, 0.29) is 5.78 Å². The fourth-order valence-electron chi connectivity index (χ4n) is 3.10. The van der Waals surface area contributed by atoms with Crippen LogP contribution in [0.25, 0.3) is 0 Å². The minimum absolute atomic E-state index is 0.138. The number of carboxylic acids is 1. The van der Waals surface area contributed by atoms with Gasteiger partial charge in [-0.1, -0.05) is 43.7 Å². The Morgan fingerprint density at radius 3 is 2.40 bits per heavy atom. The number of para-hydroxylation sites is 1. The molecule has 4 heteroatoms. The largest absolute Gasteiger partial charge is 0.478 e. The third-order valence-electron chi connectivity index (χ3n) is 4.54. The number of allylic oxidation sites excluding steroid dienone is 4. The molecule has 2 rings (SSSR count). The van der Waals surface area contributed by atoms with E-state index >= 15 is 0 Å². The van der Waals surface area contributed by atoms with Crippen molar-refractivity contribution in [2.24, 2.45) is 11.3 Å². The molecule has 1 aliphatic carbocycles. The van der Waals surface area contributed by atoms with Crippen molar-refractivity contribution in [3.05, 3.63) is 53.6 Å². The van der Waals surface area contributed by atoms with E-state index in [1.165, 1.54) is 18.4 Å². The first kappa shape index (κ1) is 20.7. The van der Waals surface area contributed by atoms with Crippen molar-refractivity contribution < 1.29 is 14.7 Å². The van der Waals surface area contributed by atoms with Gasteiger partial charge in [0.15, 0.2) is 5.78 Å². The molecule has 0 spiro atoms. The van der Waals surface area contributed by atoms with Gasteiger partial charge in [0.2, 0.25) is 0 Å². The van der Waals surface area contributed by atoms with Crippen LogP contribution in [0.5, 0.6) is 0 Å². The summed E-state index contributed by atoms with van der Waals surface area (Å²) in [6.07, 6.45) is 8.43. The zero-order valence-corrected chi connectivity index (χ0v) is 15.8. The van der Waals surface area contributed by atoms with Gasteiger partial charge in [-0.3, -0.25) is 4.79 Å². The zero-order valence-electron chi connectivity index (χ0n) is 15.8. The van der Waals surface area contributed by atoms with Crippen LogP contribution in [0.2, 0.25) is 0 Å². The monoisotopic (exact) mass is 343 g/mol. The number of benzene rings is 1. The fourth-order valence-corrected chi connectivity index (χ4v) is 3.10. The third-order valence-corrected chi connectivity index (χ3v) is 4.54. The summed E-state index contributed by atoms with van der Waals surface area (Å²) in [7, 11) is 1.70. The summed E-state index contributed by atoms with van der Waals surface area (Å²) in [5.74, 6) is -0.339. The van der Waals surface area contributed by atoms with E-state index in [0.29, 0.717) is 22.6 Å². The molecule has 0 saturated carbocycles. The number of ketones is 1. The lowest BCUT2D eigenvalue weighted by molar-refractivity contribution is -0.112. The van der Waals surface area contributed by atoms with Gasteiger partial charge in [0.1, 0.15) is 0 Å². The summed E-state index contributed by atoms with van der Waals surface area (Å²) in [4.78, 5) is 21.4. The lowest BCUT2D eigenvalue weighted by Crippen LogP contribution is -2.26. The summed E-state index contributed by atoms with van der Waals surface area (Å²) in [5.41, 5.74) is 2.64. The predicted molar refractivity (Wildman–Crippen MR) is 103 cm³/mol. The Bertz CT molecular complexity index is 671. The maximum absolute atomic E-state index is 10.9. The van der Waals surface area contributed by atoms with Crippen molar-refractivity contribution in [2.75, 3.05) is 12.4 Å². The highest BCUT2D eigenvalue weighted by atomic mass is 16.4. The Kier molecular flexibility index (Phi) is 7.62. The van der Waals surface area contributed by atoms with E-state index in [2.05, 4.69) is 38.2 Å². The second-order valence-electron chi connectivity index (χ2n) is 7.02. The molecule has 1 atom stereocenters. The van der Waals surface area contributed by atoms with Crippen molar-refractivity contribution in [3.63, 3.8) is 0 Å². The number of carbonyl (C=O) groups excluding carboxylic acids is 1. The Morgan fingerprint density at radius 2 is 1.92 bits per heavy atom. The smallest absolute Gasteiger partial charge is 0.337 e. The van der Waals surface area contributed by atoms with Crippen molar-refractivity contribution in [2.45, 2.75) is 40.5 Å². The molecule has 0 radical (unpaired) electrons. The molecule has 0 saturated heterocycles. The Morgan fingerprint density at radius 1 is 1.28 bits per heavy atom. The van der Waals surface area contributed by atoms with Crippen LogP contribution in [0.4, 0.5) is 5.69 Å². The summed E-state index contributed by atoms with van der Waals surface area (Å²) in [6.45, 7) is 8.32. The molecular formula is C21H29NO3. The molecule has 0 amide bonds. The molecule has 1 aromatic rings. The van der Waals surface area contributed by atoms with Crippen LogP contribution in [-0.4, -0.2) is 23.9 Å². The number of carbonyl (C=O) groups is 2. The Labute approximate surface area is 150 Å². The first-order valence-electron chi connectivity index (χ1n) is 8.54. The van der Waals surface area contributed by atoms with Gasteiger partial charge in [0.05, 0.1) is 5.56 Å². The maximum Gasteiger partial charge on any atom is 0.337 e. The molecule has 4 nitrogen and oxygen atoms in total. The molecule has 1 unspecified atom stereocenters. The lowest BCUT2D eigenvalue weighted by atomic mass is 9.68. The van der Waals surface area contributed by atoms with E-state index in [9.17, 15) is 9.59 Å². The number of nitrogens with one attached hydrogen (secondary N) is 1. The van der Waals surface area contributed by atoms with Crippen LogP contribution in [0.1, 0.15) is 50.9 Å². The van der Waals surface area contributed by atoms with E-state index in [4.69, 9.17) is 5.11 Å². The van der Waals surface area contributed by atoms with Crippen LogP contribution in [0.15, 0.2) is 48.1 Å². The van der Waals surface area contributed by atoms with Crippen LogP contribution in [-0.2, 0) is 4.79 Å². The SMILES string of the molecule is CC(=O)C=CC1C(C)=CCCC1(C)C.CNc1ccccc1C(=O)O. The first-order chi connectivity index (χ1) is 11.7. The molecule has 136 valence electrons. The summed E-state index contributed by atoms with van der Waals surface area (Å²) in [6, 6.07) is 6.78. The van der Waals surface area contributed by atoms with Gasteiger partial charge in [-0.15, -0.1) is 0 Å². The Hall–Kier alpha value is -2.36.